The van der Waals surface area contributed by atoms with E-state index in [1.807, 2.05) is 0 Å². The van der Waals surface area contributed by atoms with Gasteiger partial charge < -0.3 is 14.7 Å². The van der Waals surface area contributed by atoms with E-state index < -0.39 is 16.9 Å². The molecule has 3 rings (SSSR count). The van der Waals surface area contributed by atoms with Crippen LogP contribution in [0.3, 0.4) is 0 Å². The van der Waals surface area contributed by atoms with E-state index >= 15 is 0 Å². The van der Waals surface area contributed by atoms with E-state index in [1.165, 1.54) is 18.2 Å². The summed E-state index contributed by atoms with van der Waals surface area (Å²) in [4.78, 5) is 23.9. The van der Waals surface area contributed by atoms with E-state index in [0.717, 1.165) is 0 Å². The average Bonchev–Trinajstić information content (AvgIpc) is 2.55. The lowest BCUT2D eigenvalue weighted by Crippen LogP contribution is -2.39. The number of rotatable bonds is 4. The molecule has 7 nitrogen and oxygen atoms in total. The number of carboxylic acids is 1. The molecule has 1 aliphatic heterocycles. The number of non-ortho nitro benzene ring substituents is 1. The molecule has 2 aromatic carbocycles. The van der Waals surface area contributed by atoms with E-state index in [2.05, 4.69) is 0 Å². The first-order valence-electron chi connectivity index (χ1n) is 7.03. The third kappa shape index (κ3) is 2.80. The summed E-state index contributed by atoms with van der Waals surface area (Å²) in [5.41, 5.74) is 0.928. The summed E-state index contributed by atoms with van der Waals surface area (Å²) in [5.74, 6) is -0.570. The predicted octanol–water partition coefficient (Wildman–Crippen LogP) is 2.62. The third-order valence-electron chi connectivity index (χ3n) is 3.71. The second kappa shape index (κ2) is 5.96. The van der Waals surface area contributed by atoms with Crippen LogP contribution >= 0.6 is 0 Å². The highest BCUT2D eigenvalue weighted by atomic mass is 16.6. The van der Waals surface area contributed by atoms with Crippen molar-refractivity contribution in [2.24, 2.45) is 0 Å². The number of hydrogen-bond donors (Lipinski definition) is 1. The highest BCUT2D eigenvalue weighted by Gasteiger charge is 2.32. The Morgan fingerprint density at radius 3 is 2.65 bits per heavy atom. The molecule has 0 saturated carbocycles. The predicted molar refractivity (Wildman–Crippen MR) is 82.8 cm³/mol. The van der Waals surface area contributed by atoms with Crippen LogP contribution in [0.4, 0.5) is 11.4 Å². The quantitative estimate of drug-likeness (QED) is 0.689. The molecule has 0 spiro atoms. The van der Waals surface area contributed by atoms with Gasteiger partial charge in [-0.1, -0.05) is 30.3 Å². The summed E-state index contributed by atoms with van der Waals surface area (Å²) >= 11 is 0. The maximum Gasteiger partial charge on any atom is 0.331 e. The standard InChI is InChI=1S/C16H14N2O5/c19-16(20)15(11-4-2-1-3-5-11)17-8-9-23-14-7-6-12(18(21)22)10-13(14)17/h1-7,10,15H,8-9H2,(H,19,20). The molecule has 1 unspecified atom stereocenters. The first-order chi connectivity index (χ1) is 11.1. The minimum Gasteiger partial charge on any atom is -0.490 e. The number of anilines is 1. The Morgan fingerprint density at radius 2 is 2.00 bits per heavy atom. The van der Waals surface area contributed by atoms with Gasteiger partial charge in [-0.15, -0.1) is 0 Å². The molecule has 1 aliphatic rings. The average molecular weight is 314 g/mol. The van der Waals surface area contributed by atoms with Crippen molar-refractivity contribution in [2.75, 3.05) is 18.1 Å². The van der Waals surface area contributed by atoms with E-state index in [0.29, 0.717) is 30.2 Å². The number of ether oxygens (including phenoxy) is 1. The Bertz CT molecular complexity index is 747. The van der Waals surface area contributed by atoms with Gasteiger partial charge in [0.2, 0.25) is 0 Å². The van der Waals surface area contributed by atoms with Crippen LogP contribution < -0.4 is 9.64 Å². The lowest BCUT2D eigenvalue weighted by atomic mass is 10.0. The number of benzene rings is 2. The molecule has 0 amide bonds. The number of fused-ring (bicyclic) bond motifs is 1. The second-order valence-electron chi connectivity index (χ2n) is 5.10. The number of carbonyl (C=O) groups is 1. The SMILES string of the molecule is O=C(O)C(c1ccccc1)N1CCOc2ccc([N+](=O)[O-])cc21. The van der Waals surface area contributed by atoms with Gasteiger partial charge in [-0.25, -0.2) is 4.79 Å². The Hall–Kier alpha value is -3.09. The normalized spacial score (nSPS) is 14.5. The van der Waals surface area contributed by atoms with Crippen LogP contribution in [0, 0.1) is 10.1 Å². The molecule has 1 N–H and O–H groups in total. The zero-order valence-corrected chi connectivity index (χ0v) is 12.1. The number of aliphatic carboxylic acids is 1. The van der Waals surface area contributed by atoms with Crippen LogP contribution in [0.1, 0.15) is 11.6 Å². The van der Waals surface area contributed by atoms with E-state index in [4.69, 9.17) is 4.74 Å². The Morgan fingerprint density at radius 1 is 1.26 bits per heavy atom. The van der Waals surface area contributed by atoms with Crippen LogP contribution in [0.25, 0.3) is 0 Å². The van der Waals surface area contributed by atoms with Crippen LogP contribution in [0.15, 0.2) is 48.5 Å². The number of nitro benzene ring substituents is 1. The van der Waals surface area contributed by atoms with Gasteiger partial charge in [0, 0.05) is 12.1 Å². The highest BCUT2D eigenvalue weighted by Crippen LogP contribution is 2.39. The molecule has 118 valence electrons. The molecule has 0 saturated heterocycles. The lowest BCUT2D eigenvalue weighted by Gasteiger charge is -2.35. The fourth-order valence-electron chi connectivity index (χ4n) is 2.70. The van der Waals surface area contributed by atoms with Gasteiger partial charge >= 0.3 is 5.97 Å². The number of nitrogens with zero attached hydrogens (tertiary/aromatic N) is 2. The number of nitro groups is 1. The summed E-state index contributed by atoms with van der Waals surface area (Å²) in [5, 5.41) is 20.7. The smallest absolute Gasteiger partial charge is 0.331 e. The van der Waals surface area contributed by atoms with Crippen molar-refractivity contribution in [2.45, 2.75) is 6.04 Å². The first kappa shape index (κ1) is 14.8. The number of carboxylic acid groups (broad SMARTS) is 1. The van der Waals surface area contributed by atoms with Crippen LogP contribution in [0.5, 0.6) is 5.75 Å². The zero-order chi connectivity index (χ0) is 16.4. The molecule has 1 atom stereocenters. The zero-order valence-electron chi connectivity index (χ0n) is 12.1. The molecule has 0 fully saturated rings. The minimum atomic E-state index is -1.02. The Labute approximate surface area is 131 Å². The molecule has 1 heterocycles. The molecule has 0 radical (unpaired) electrons. The maximum absolute atomic E-state index is 11.8. The van der Waals surface area contributed by atoms with Gasteiger partial charge in [0.15, 0.2) is 6.04 Å². The van der Waals surface area contributed by atoms with E-state index in [9.17, 15) is 20.0 Å². The van der Waals surface area contributed by atoms with Crippen molar-refractivity contribution in [1.29, 1.82) is 0 Å². The Kier molecular flexibility index (Phi) is 3.84. The summed E-state index contributed by atoms with van der Waals surface area (Å²) in [7, 11) is 0. The van der Waals surface area contributed by atoms with Crippen molar-refractivity contribution in [1.82, 2.24) is 0 Å². The van der Waals surface area contributed by atoms with Crippen molar-refractivity contribution < 1.29 is 19.6 Å². The van der Waals surface area contributed by atoms with E-state index in [-0.39, 0.29) is 5.69 Å². The van der Waals surface area contributed by atoms with Crippen molar-refractivity contribution in [3.63, 3.8) is 0 Å². The van der Waals surface area contributed by atoms with Gasteiger partial charge in [0.25, 0.3) is 5.69 Å². The van der Waals surface area contributed by atoms with Gasteiger partial charge in [0.05, 0.1) is 17.2 Å². The van der Waals surface area contributed by atoms with Crippen molar-refractivity contribution >= 4 is 17.3 Å². The topological polar surface area (TPSA) is 92.9 Å². The summed E-state index contributed by atoms with van der Waals surface area (Å²) in [6.45, 7) is 0.654. The maximum atomic E-state index is 11.8. The van der Waals surface area contributed by atoms with Gasteiger partial charge in [-0.2, -0.15) is 0 Å². The third-order valence-corrected chi connectivity index (χ3v) is 3.71. The fraction of sp³-hybridized carbons (Fsp3) is 0.188. The summed E-state index contributed by atoms with van der Waals surface area (Å²) in [6, 6.07) is 12.1. The first-order valence-corrected chi connectivity index (χ1v) is 7.03. The van der Waals surface area contributed by atoms with Crippen molar-refractivity contribution in [3.05, 3.63) is 64.2 Å². The molecule has 23 heavy (non-hydrogen) atoms. The fourth-order valence-corrected chi connectivity index (χ4v) is 2.70. The van der Waals surface area contributed by atoms with Crippen molar-refractivity contribution in [3.8, 4) is 5.75 Å². The van der Waals surface area contributed by atoms with Gasteiger partial charge in [-0.3, -0.25) is 10.1 Å². The molecule has 2 aromatic rings. The monoisotopic (exact) mass is 314 g/mol. The van der Waals surface area contributed by atoms with Crippen LogP contribution in [-0.2, 0) is 4.79 Å². The molecule has 0 aliphatic carbocycles. The minimum absolute atomic E-state index is 0.101. The molecular weight excluding hydrogens is 300 g/mol. The second-order valence-corrected chi connectivity index (χ2v) is 5.10. The molecule has 0 bridgehead atoms. The van der Waals surface area contributed by atoms with Crippen LogP contribution in [0.2, 0.25) is 0 Å². The van der Waals surface area contributed by atoms with Gasteiger partial charge in [-0.05, 0) is 11.6 Å². The number of hydrogen-bond acceptors (Lipinski definition) is 5. The van der Waals surface area contributed by atoms with E-state index in [1.54, 1.807) is 35.2 Å². The highest BCUT2D eigenvalue weighted by molar-refractivity contribution is 5.82. The molecular formula is C16H14N2O5. The summed E-state index contributed by atoms with van der Waals surface area (Å²) < 4.78 is 5.50. The molecule has 7 heteroatoms. The summed E-state index contributed by atoms with van der Waals surface area (Å²) in [6.07, 6.45) is 0. The lowest BCUT2D eigenvalue weighted by molar-refractivity contribution is -0.384. The molecule has 0 aromatic heterocycles. The Balaban J connectivity index is 2.08. The van der Waals surface area contributed by atoms with Crippen LogP contribution in [-0.4, -0.2) is 29.2 Å². The largest absolute Gasteiger partial charge is 0.490 e. The van der Waals surface area contributed by atoms with Gasteiger partial charge in [0.1, 0.15) is 12.4 Å².